The first-order valence-electron chi connectivity index (χ1n) is 3.94. The summed E-state index contributed by atoms with van der Waals surface area (Å²) in [5, 5.41) is 0.611. The molecule has 0 spiro atoms. The van der Waals surface area contributed by atoms with E-state index in [0.29, 0.717) is 11.7 Å². The van der Waals surface area contributed by atoms with Crippen molar-refractivity contribution < 1.29 is 0 Å². The summed E-state index contributed by atoms with van der Waals surface area (Å²) in [7, 11) is 0. The molecule has 13 heavy (non-hydrogen) atoms. The van der Waals surface area contributed by atoms with Crippen LogP contribution in [-0.2, 0) is 0 Å². The summed E-state index contributed by atoms with van der Waals surface area (Å²) in [6.45, 7) is 2.49. The number of hydrogen-bond acceptors (Lipinski definition) is 3. The number of aliphatic imine (C=N–C) groups is 2. The molecule has 2 N–H and O–H groups in total. The number of thioether (sulfide) groups is 1. The minimum absolute atomic E-state index is 0.611. The Labute approximate surface area is 83.5 Å². The van der Waals surface area contributed by atoms with Gasteiger partial charge in [0.05, 0.1) is 6.54 Å². The first kappa shape index (κ1) is 12.0. The van der Waals surface area contributed by atoms with Gasteiger partial charge in [-0.3, -0.25) is 9.98 Å². The van der Waals surface area contributed by atoms with Crippen molar-refractivity contribution in [3.05, 3.63) is 24.4 Å². The Hall–Kier alpha value is -1.03. The third-order valence-electron chi connectivity index (χ3n) is 1.13. The Bertz CT molecular complexity index is 229. The number of nitrogens with two attached hydrogens (primary N) is 1. The van der Waals surface area contributed by atoms with Gasteiger partial charge in [-0.15, -0.1) is 0 Å². The van der Waals surface area contributed by atoms with Crippen LogP contribution in [0.2, 0.25) is 0 Å². The molecule has 3 nitrogen and oxygen atoms in total. The molecule has 0 bridgehead atoms. The Morgan fingerprint density at radius 1 is 1.46 bits per heavy atom. The lowest BCUT2D eigenvalue weighted by atomic mass is 10.5. The first-order valence-corrected chi connectivity index (χ1v) is 5.17. The summed E-state index contributed by atoms with van der Waals surface area (Å²) in [6, 6.07) is 0. The van der Waals surface area contributed by atoms with Gasteiger partial charge >= 0.3 is 0 Å². The fraction of sp³-hybridized carbons (Fsp3) is 0.333. The zero-order valence-corrected chi connectivity index (χ0v) is 8.79. The zero-order valence-electron chi connectivity index (χ0n) is 7.97. The molecule has 0 heterocycles. The average Bonchev–Trinajstić information content (AvgIpc) is 2.16. The molecule has 72 valence electrons. The molecule has 0 aliphatic carbocycles. The minimum Gasteiger partial charge on any atom is -0.379 e. The molecule has 0 aliphatic rings. The van der Waals surface area contributed by atoms with E-state index in [1.165, 1.54) is 11.8 Å². The summed E-state index contributed by atoms with van der Waals surface area (Å²) in [4.78, 5) is 7.96. The molecule has 0 amide bonds. The van der Waals surface area contributed by atoms with Crippen LogP contribution in [0.15, 0.2) is 34.4 Å². The van der Waals surface area contributed by atoms with E-state index in [0.717, 1.165) is 0 Å². The molecule has 0 aromatic carbocycles. The largest absolute Gasteiger partial charge is 0.379 e. The molecule has 4 heteroatoms. The Balaban J connectivity index is 3.64. The molecule has 0 aromatic heterocycles. The van der Waals surface area contributed by atoms with E-state index in [1.807, 2.05) is 31.4 Å². The second-order valence-corrected chi connectivity index (χ2v) is 2.89. The molecule has 0 aromatic rings. The molecular formula is C9H15N3S. The molecule has 0 saturated heterocycles. The standard InChI is InChI=1S/C9H15N3S/c1-3-11-7-5-4-6-8-12-9(10)13-2/h3-7H,8H2,1-2H3,(H2,10,12)/b6-4+,7-5-,11-3?. The van der Waals surface area contributed by atoms with Crippen molar-refractivity contribution in [2.24, 2.45) is 15.7 Å². The van der Waals surface area contributed by atoms with Crippen LogP contribution in [0.4, 0.5) is 0 Å². The van der Waals surface area contributed by atoms with Crippen LogP contribution in [0.1, 0.15) is 6.92 Å². The lowest BCUT2D eigenvalue weighted by Gasteiger charge is -1.89. The van der Waals surface area contributed by atoms with E-state index in [2.05, 4.69) is 9.98 Å². The molecule has 0 radical (unpaired) electrons. The van der Waals surface area contributed by atoms with Gasteiger partial charge in [0, 0.05) is 12.4 Å². The van der Waals surface area contributed by atoms with E-state index in [4.69, 9.17) is 5.73 Å². The highest BCUT2D eigenvalue weighted by Gasteiger charge is 1.81. The zero-order chi connectivity index (χ0) is 9.94. The maximum Gasteiger partial charge on any atom is 0.153 e. The van der Waals surface area contributed by atoms with Gasteiger partial charge < -0.3 is 5.73 Å². The SMILES string of the molecule is CC=N/C=C\C=C\CN=C(N)SC. The van der Waals surface area contributed by atoms with E-state index in [9.17, 15) is 0 Å². The van der Waals surface area contributed by atoms with Crippen molar-refractivity contribution in [3.8, 4) is 0 Å². The third-order valence-corrected chi connectivity index (χ3v) is 1.68. The average molecular weight is 197 g/mol. The van der Waals surface area contributed by atoms with Crippen LogP contribution >= 0.6 is 11.8 Å². The molecule has 0 saturated carbocycles. The summed E-state index contributed by atoms with van der Waals surface area (Å²) >= 11 is 1.45. The Kier molecular flexibility index (Phi) is 8.34. The van der Waals surface area contributed by atoms with Gasteiger partial charge in [-0.1, -0.05) is 23.9 Å². The number of nitrogens with zero attached hydrogens (tertiary/aromatic N) is 2. The fourth-order valence-corrected chi connectivity index (χ4v) is 0.736. The van der Waals surface area contributed by atoms with E-state index in [-0.39, 0.29) is 0 Å². The topological polar surface area (TPSA) is 50.7 Å². The van der Waals surface area contributed by atoms with Crippen molar-refractivity contribution in [3.63, 3.8) is 0 Å². The summed E-state index contributed by atoms with van der Waals surface area (Å²) in [5.74, 6) is 0. The van der Waals surface area contributed by atoms with E-state index >= 15 is 0 Å². The Morgan fingerprint density at radius 3 is 2.85 bits per heavy atom. The first-order chi connectivity index (χ1) is 6.31. The highest BCUT2D eigenvalue weighted by Crippen LogP contribution is 1.90. The highest BCUT2D eigenvalue weighted by molar-refractivity contribution is 8.13. The van der Waals surface area contributed by atoms with E-state index < -0.39 is 0 Å². The van der Waals surface area contributed by atoms with Crippen molar-refractivity contribution in [1.82, 2.24) is 0 Å². The van der Waals surface area contributed by atoms with Gasteiger partial charge in [0.1, 0.15) is 0 Å². The maximum atomic E-state index is 5.47. The summed E-state index contributed by atoms with van der Waals surface area (Å²) in [5.41, 5.74) is 5.47. The van der Waals surface area contributed by atoms with Crippen molar-refractivity contribution in [2.45, 2.75) is 6.92 Å². The number of hydrogen-bond donors (Lipinski definition) is 1. The van der Waals surface area contributed by atoms with Gasteiger partial charge in [0.15, 0.2) is 5.17 Å². The lowest BCUT2D eigenvalue weighted by Crippen LogP contribution is -2.05. The lowest BCUT2D eigenvalue weighted by molar-refractivity contribution is 1.24. The second-order valence-electron chi connectivity index (χ2n) is 2.06. The van der Waals surface area contributed by atoms with Crippen LogP contribution in [-0.4, -0.2) is 24.2 Å². The Morgan fingerprint density at radius 2 is 2.23 bits per heavy atom. The van der Waals surface area contributed by atoms with Crippen LogP contribution in [0, 0.1) is 0 Å². The van der Waals surface area contributed by atoms with Gasteiger partial charge in [-0.2, -0.15) is 0 Å². The quantitative estimate of drug-likeness (QED) is 0.424. The monoisotopic (exact) mass is 197 g/mol. The normalized spacial score (nSPS) is 13.8. The van der Waals surface area contributed by atoms with Crippen molar-refractivity contribution in [1.29, 1.82) is 0 Å². The number of allylic oxidation sites excluding steroid dienone is 2. The van der Waals surface area contributed by atoms with Crippen LogP contribution < -0.4 is 5.73 Å². The van der Waals surface area contributed by atoms with Gasteiger partial charge in [0.2, 0.25) is 0 Å². The summed E-state index contributed by atoms with van der Waals surface area (Å²) < 4.78 is 0. The predicted octanol–water partition coefficient (Wildman–Crippen LogP) is 1.82. The molecule has 0 fully saturated rings. The smallest absolute Gasteiger partial charge is 0.153 e. The summed E-state index contributed by atoms with van der Waals surface area (Å²) in [6.07, 6.45) is 11.0. The minimum atomic E-state index is 0.611. The number of amidine groups is 1. The third kappa shape index (κ3) is 8.88. The van der Waals surface area contributed by atoms with Crippen LogP contribution in [0.25, 0.3) is 0 Å². The van der Waals surface area contributed by atoms with Gasteiger partial charge in [0.25, 0.3) is 0 Å². The van der Waals surface area contributed by atoms with Crippen molar-refractivity contribution in [2.75, 3.05) is 12.8 Å². The maximum absolute atomic E-state index is 5.47. The predicted molar refractivity (Wildman–Crippen MR) is 62.5 cm³/mol. The van der Waals surface area contributed by atoms with Gasteiger partial charge in [-0.25, -0.2) is 0 Å². The molecule has 0 unspecified atom stereocenters. The van der Waals surface area contributed by atoms with Crippen LogP contribution in [0.5, 0.6) is 0 Å². The van der Waals surface area contributed by atoms with Crippen molar-refractivity contribution >= 4 is 23.1 Å². The molecule has 0 rings (SSSR count). The van der Waals surface area contributed by atoms with Gasteiger partial charge in [-0.05, 0) is 19.3 Å². The molecular weight excluding hydrogens is 182 g/mol. The second kappa shape index (κ2) is 9.06. The molecule has 0 aliphatic heterocycles. The van der Waals surface area contributed by atoms with E-state index in [1.54, 1.807) is 12.4 Å². The molecule has 0 atom stereocenters. The fourth-order valence-electron chi connectivity index (χ4n) is 0.532. The highest BCUT2D eigenvalue weighted by atomic mass is 32.2. The number of rotatable bonds is 4. The van der Waals surface area contributed by atoms with Crippen LogP contribution in [0.3, 0.4) is 0 Å².